The Hall–Kier alpha value is -6.06. The van der Waals surface area contributed by atoms with Crippen LogP contribution < -0.4 is 66.2 Å². The monoisotopic (exact) mass is 1240 g/mol. The standard InChI is InChI=1S/C11H18N2O6S2.C10H14N2O6S2.C8H10O2.C7H5NOS.C7H8O.C3HCl2N3O.Na/c1-3-20(16,17)8-10(14)12-6-5-7-13-11(15)9-21(18,19)4-2;1-2-19(15,16)6-9(13)11-5-8-3-4-20(17,18)7-10(14)12-8;9-6-7-10-8-4-2-1-3-5-8;9-7-5-3-1-2-4-6(5)10-8-7;1-6-2-4-7(8)5-3-6;4-1-6-2(5)8-3(9)7-1;/h3-4H,1-2,5-9H2,(H,12,14)(H,13,15);2-4,8H,1,5-7H2,(H,11,13)(H,12,14);1-5,9H,6-7H2;1-4H,(H,8,9);2-5,8H,1H3;(H,6,7,8,9);/q;;;;;;+1/p-1. The number of rotatable bonds is 18. The average molecular weight is 1250 g/mol. The Labute approximate surface area is 492 Å². The molecular formula is C46H55Cl2N8NaO17S5. The minimum atomic E-state index is -3.66. The van der Waals surface area contributed by atoms with E-state index in [0.717, 1.165) is 21.2 Å². The summed E-state index contributed by atoms with van der Waals surface area (Å²) in [6.45, 7) is 11.8. The summed E-state index contributed by atoms with van der Waals surface area (Å²) in [4.78, 5) is 65.6. The third-order valence-corrected chi connectivity index (χ3v) is 14.5. The van der Waals surface area contributed by atoms with Crippen LogP contribution in [-0.4, -0.2) is 149 Å². The average Bonchev–Trinajstić information content (AvgIpc) is 3.68. The van der Waals surface area contributed by atoms with E-state index in [1.807, 2.05) is 73.7 Å². The van der Waals surface area contributed by atoms with E-state index in [2.05, 4.69) is 60.3 Å². The fraction of sp³-hybridized carbons (Fsp3) is 0.261. The molecule has 6 rings (SSSR count). The van der Waals surface area contributed by atoms with Gasteiger partial charge in [0.1, 0.15) is 41.1 Å². The molecule has 426 valence electrons. The Morgan fingerprint density at radius 2 is 1.27 bits per heavy atom. The number of hydrogen-bond donors (Lipinski definition) is 7. The largest absolute Gasteiger partial charge is 1.00 e. The van der Waals surface area contributed by atoms with E-state index in [0.29, 0.717) is 35.0 Å². The van der Waals surface area contributed by atoms with Gasteiger partial charge in [0.2, 0.25) is 34.2 Å². The van der Waals surface area contributed by atoms with Gasteiger partial charge in [-0.15, -0.1) is 0 Å². The molecule has 1 unspecified atom stereocenters. The van der Waals surface area contributed by atoms with Crippen molar-refractivity contribution >= 4 is 108 Å². The number of aliphatic hydroxyl groups excluding tert-OH is 1. The second-order valence-electron chi connectivity index (χ2n) is 15.0. The summed E-state index contributed by atoms with van der Waals surface area (Å²) < 4.78 is 97.7. The summed E-state index contributed by atoms with van der Waals surface area (Å²) in [6, 6.07) is 22.6. The minimum Gasteiger partial charge on any atom is -0.844 e. The molecule has 1 aliphatic heterocycles. The maximum absolute atomic E-state index is 11.4. The normalized spacial score (nSPS) is 13.0. The summed E-state index contributed by atoms with van der Waals surface area (Å²) in [5.74, 6) is -4.43. The number of phenolic OH excluding ortho intramolecular Hbond substituents is 1. The Morgan fingerprint density at radius 3 is 1.72 bits per heavy atom. The van der Waals surface area contributed by atoms with Gasteiger partial charge in [-0.1, -0.05) is 79.3 Å². The fourth-order valence-corrected chi connectivity index (χ4v) is 8.75. The molecule has 4 amide bonds. The van der Waals surface area contributed by atoms with Crippen LogP contribution in [0.15, 0.2) is 131 Å². The number of aromatic nitrogens is 4. The molecule has 2 aromatic heterocycles. The van der Waals surface area contributed by atoms with Gasteiger partial charge in [-0.25, -0.2) is 43.6 Å². The van der Waals surface area contributed by atoms with E-state index in [1.54, 1.807) is 12.1 Å². The smallest absolute Gasteiger partial charge is 0.844 e. The molecule has 79 heavy (non-hydrogen) atoms. The van der Waals surface area contributed by atoms with E-state index < -0.39 is 98.0 Å². The Morgan fingerprint density at radius 1 is 0.785 bits per heavy atom. The van der Waals surface area contributed by atoms with Crippen LogP contribution in [-0.2, 0) is 58.5 Å². The van der Waals surface area contributed by atoms with E-state index in [9.17, 15) is 62.8 Å². The molecule has 0 aliphatic carbocycles. The number of amides is 4. The number of aliphatic hydroxyl groups is 1. The first kappa shape index (κ1) is 72.9. The number of aromatic amines is 1. The van der Waals surface area contributed by atoms with Gasteiger partial charge in [-0.3, -0.25) is 28.3 Å². The topological polar surface area (TPSA) is 397 Å². The van der Waals surface area contributed by atoms with E-state index >= 15 is 0 Å². The number of benzene rings is 3. The zero-order chi connectivity index (χ0) is 59.0. The molecular weight excluding hydrogens is 1190 g/mol. The van der Waals surface area contributed by atoms with Crippen molar-refractivity contribution in [1.82, 2.24) is 40.6 Å². The SMILES string of the molecule is C=CS(=O)(=O)CC(=O)NCC1C=CS(=O)(=O)CC(=O)N1.C=CS(=O)(=O)CC(=O)NCCCNC(=O)CS(=O)(=O)C=C.Cc1ccc(O)cc1.O=c1[nH]sc2ccccc12.OCCOc1ccccc1.[Na+].[O-]c1nc(Cl)nc(Cl)n1. The second-order valence-corrected chi connectivity index (χ2v) is 24.2. The summed E-state index contributed by atoms with van der Waals surface area (Å²) in [5, 5.41) is 40.2. The van der Waals surface area contributed by atoms with E-state index in [-0.39, 0.29) is 71.9 Å². The number of fused-ring (bicyclic) bond motifs is 1. The number of halogens is 2. The van der Waals surface area contributed by atoms with Crippen LogP contribution in [0, 0.1) is 6.92 Å². The molecule has 33 heteroatoms. The molecule has 0 saturated heterocycles. The number of hydrogen-bond acceptors (Lipinski definition) is 21. The number of nitrogens with one attached hydrogen (secondary N) is 5. The summed E-state index contributed by atoms with van der Waals surface area (Å²) in [5.41, 5.74) is 1.18. The molecule has 1 atom stereocenters. The zero-order valence-electron chi connectivity index (χ0n) is 42.3. The quantitative estimate of drug-likeness (QED) is 0.0384. The summed E-state index contributed by atoms with van der Waals surface area (Å²) >= 11 is 11.8. The number of aryl methyl sites for hydroxylation is 1. The number of H-pyrrole nitrogens is 1. The van der Waals surface area contributed by atoms with Crippen LogP contribution >= 0.6 is 34.7 Å². The predicted molar refractivity (Wildman–Crippen MR) is 294 cm³/mol. The van der Waals surface area contributed by atoms with Crippen molar-refractivity contribution in [3.8, 4) is 17.5 Å². The first-order chi connectivity index (χ1) is 36.5. The first-order valence-corrected chi connectivity index (χ1v) is 30.4. The second kappa shape index (κ2) is 37.7. The number of phenols is 1. The van der Waals surface area contributed by atoms with Gasteiger partial charge in [-0.2, -0.15) is 4.98 Å². The van der Waals surface area contributed by atoms with Crippen molar-refractivity contribution < 1.29 is 102 Å². The van der Waals surface area contributed by atoms with E-state index in [4.69, 9.17) is 38.2 Å². The van der Waals surface area contributed by atoms with Crippen LogP contribution in [0.1, 0.15) is 12.0 Å². The van der Waals surface area contributed by atoms with Crippen molar-refractivity contribution in [2.24, 2.45) is 0 Å². The molecule has 0 saturated carbocycles. The van der Waals surface area contributed by atoms with E-state index in [1.165, 1.54) is 23.2 Å². The van der Waals surface area contributed by atoms with Crippen LogP contribution in [0.4, 0.5) is 0 Å². The summed E-state index contributed by atoms with van der Waals surface area (Å²) in [6.07, 6.45) is 1.56. The summed E-state index contributed by atoms with van der Waals surface area (Å²) in [7, 11) is -14.4. The molecule has 0 bridgehead atoms. The fourth-order valence-electron chi connectivity index (χ4n) is 4.94. The van der Waals surface area contributed by atoms with Gasteiger partial charge in [0.15, 0.2) is 39.3 Å². The van der Waals surface area contributed by atoms with Gasteiger partial charge < -0.3 is 41.3 Å². The number of carbonyl (C=O) groups excluding carboxylic acids is 4. The van der Waals surface area contributed by atoms with Crippen molar-refractivity contribution in [3.05, 3.63) is 153 Å². The van der Waals surface area contributed by atoms with Crippen LogP contribution in [0.5, 0.6) is 17.5 Å². The van der Waals surface area contributed by atoms with Gasteiger partial charge in [-0.05, 0) is 79.0 Å². The van der Waals surface area contributed by atoms with Gasteiger partial charge in [0.05, 0.1) is 28.7 Å². The van der Waals surface area contributed by atoms with Crippen molar-refractivity contribution in [2.75, 3.05) is 55.9 Å². The molecule has 1 aliphatic rings. The molecule has 7 N–H and O–H groups in total. The van der Waals surface area contributed by atoms with Crippen LogP contribution in [0.3, 0.4) is 0 Å². The molecule has 0 radical (unpaired) electrons. The van der Waals surface area contributed by atoms with Crippen LogP contribution in [0.25, 0.3) is 10.1 Å². The Balaban J connectivity index is 0.000000959. The zero-order valence-corrected chi connectivity index (χ0v) is 49.9. The number of nitrogens with zero attached hydrogens (tertiary/aromatic N) is 3. The number of para-hydroxylation sites is 1. The molecule has 0 spiro atoms. The molecule has 5 aromatic rings. The third-order valence-electron chi connectivity index (χ3n) is 8.56. The maximum atomic E-state index is 11.4. The number of sulfone groups is 4. The molecule has 3 heterocycles. The number of carbonyl (C=O) groups is 4. The molecule has 3 aromatic carbocycles. The molecule has 0 fully saturated rings. The Bertz CT molecular complexity index is 3210. The van der Waals surface area contributed by atoms with Crippen molar-refractivity contribution in [2.45, 2.75) is 19.4 Å². The minimum absolute atomic E-state index is 0. The first-order valence-electron chi connectivity index (χ1n) is 21.9. The Kier molecular flexibility index (Phi) is 34.8. The van der Waals surface area contributed by atoms with Gasteiger partial charge >= 0.3 is 29.6 Å². The van der Waals surface area contributed by atoms with Crippen molar-refractivity contribution in [3.63, 3.8) is 0 Å². The van der Waals surface area contributed by atoms with Crippen molar-refractivity contribution in [1.29, 1.82) is 0 Å². The van der Waals surface area contributed by atoms with Gasteiger partial charge in [0.25, 0.3) is 5.56 Å². The number of ether oxygens (including phenoxy) is 1. The number of aromatic hydroxyl groups is 1. The third kappa shape index (κ3) is 35.2. The van der Waals surface area contributed by atoms with Gasteiger partial charge in [0, 0.05) is 41.3 Å². The predicted octanol–water partition coefficient (Wildman–Crippen LogP) is -1.58. The maximum Gasteiger partial charge on any atom is 1.00 e. The molecule has 25 nitrogen and oxygen atoms in total. The van der Waals surface area contributed by atoms with Crippen LogP contribution in [0.2, 0.25) is 10.6 Å².